The second kappa shape index (κ2) is 9.89. The lowest BCUT2D eigenvalue weighted by Crippen LogP contribution is -2.69. The molecule has 1 saturated heterocycles. The van der Waals surface area contributed by atoms with Crippen molar-refractivity contribution in [1.82, 2.24) is 21.0 Å². The Morgan fingerprint density at radius 3 is 2.42 bits per heavy atom. The molecule has 0 bridgehead atoms. The van der Waals surface area contributed by atoms with Crippen molar-refractivity contribution in [2.75, 3.05) is 5.75 Å². The van der Waals surface area contributed by atoms with E-state index >= 15 is 0 Å². The molecule has 0 aliphatic carbocycles. The molecule has 33 heavy (non-hydrogen) atoms. The molecule has 2 aliphatic rings. The Morgan fingerprint density at radius 1 is 1.21 bits per heavy atom. The van der Waals surface area contributed by atoms with Crippen molar-refractivity contribution in [3.63, 3.8) is 0 Å². The van der Waals surface area contributed by atoms with Crippen LogP contribution in [0.1, 0.15) is 18.5 Å². The van der Waals surface area contributed by atoms with Gasteiger partial charge in [-0.1, -0.05) is 30.3 Å². The molecule has 3 rings (SSSR count). The molecule has 1 fully saturated rings. The number of aliphatic carboxylic acids is 1. The Kier molecular flexibility index (Phi) is 7.20. The number of thioether (sulfide) groups is 1. The number of nitrogens with one attached hydrogen (secondary N) is 3. The maximum absolute atomic E-state index is 13.0. The largest absolute Gasteiger partial charge is 0.477 e. The fourth-order valence-electron chi connectivity index (χ4n) is 3.48. The van der Waals surface area contributed by atoms with Crippen molar-refractivity contribution >= 4 is 41.5 Å². The molecule has 1 aromatic carbocycles. The number of carbonyl (C=O) groups excluding carboxylic acids is 4. The summed E-state index contributed by atoms with van der Waals surface area (Å²) in [6.07, 6.45) is -1.55. The van der Waals surface area contributed by atoms with Crippen molar-refractivity contribution in [2.45, 2.75) is 30.6 Å². The van der Waals surface area contributed by atoms with Gasteiger partial charge < -0.3 is 31.4 Å². The van der Waals surface area contributed by atoms with Gasteiger partial charge in [-0.15, -0.1) is 11.8 Å². The number of amides is 4. The number of urea groups is 1. The Hall–Kier alpha value is -3.62. The van der Waals surface area contributed by atoms with Crippen LogP contribution < -0.4 is 21.8 Å². The molecule has 176 valence electrons. The van der Waals surface area contributed by atoms with Crippen LogP contribution in [-0.4, -0.2) is 68.4 Å². The fourth-order valence-corrected chi connectivity index (χ4v) is 4.85. The van der Waals surface area contributed by atoms with Gasteiger partial charge >= 0.3 is 18.0 Å². The van der Waals surface area contributed by atoms with Gasteiger partial charge in [-0.3, -0.25) is 19.3 Å². The predicted octanol–water partition coefficient (Wildman–Crippen LogP) is -0.997. The van der Waals surface area contributed by atoms with E-state index in [1.165, 1.54) is 0 Å². The number of hydrogen-bond donors (Lipinski definition) is 6. The van der Waals surface area contributed by atoms with Crippen LogP contribution in [0.3, 0.4) is 0 Å². The third-order valence-electron chi connectivity index (χ3n) is 4.89. The summed E-state index contributed by atoms with van der Waals surface area (Å²) in [5.74, 6) is -3.88. The molecule has 2 unspecified atom stereocenters. The van der Waals surface area contributed by atoms with Gasteiger partial charge in [0.2, 0.25) is 12.1 Å². The lowest BCUT2D eigenvalue weighted by atomic mass is 10.0. The summed E-state index contributed by atoms with van der Waals surface area (Å²) in [6, 6.07) is 4.83. The molecule has 0 radical (unpaired) electrons. The molecule has 14 heteroatoms. The number of β-lactam (4-membered cyclic amide) rings is 1. The maximum Gasteiger partial charge on any atom is 0.352 e. The number of esters is 1. The van der Waals surface area contributed by atoms with Crippen LogP contribution in [0.25, 0.3) is 0 Å². The second-order valence-corrected chi connectivity index (χ2v) is 8.15. The molecular formula is C19H21N5O8S. The zero-order chi connectivity index (χ0) is 24.3. The SMILES string of the molecule is CC(=O)OC(NC(=O)C(NC(N)=O)c1ccccc1)C1=C(C(=O)O)N2C(=O)[C@H](NO)[C@H]2SC1. The Labute approximate surface area is 191 Å². The van der Waals surface area contributed by atoms with Gasteiger partial charge in [0.25, 0.3) is 5.91 Å². The molecule has 7 N–H and O–H groups in total. The quantitative estimate of drug-likeness (QED) is 0.116. The summed E-state index contributed by atoms with van der Waals surface area (Å²) in [6.45, 7) is 1.07. The van der Waals surface area contributed by atoms with Crippen molar-refractivity contribution < 1.29 is 39.0 Å². The number of benzene rings is 1. The molecular weight excluding hydrogens is 458 g/mol. The van der Waals surface area contributed by atoms with Crippen LogP contribution in [0.15, 0.2) is 41.6 Å². The predicted molar refractivity (Wildman–Crippen MR) is 112 cm³/mol. The molecule has 0 aromatic heterocycles. The van der Waals surface area contributed by atoms with Gasteiger partial charge in [-0.05, 0) is 5.56 Å². The molecule has 2 heterocycles. The first-order valence-corrected chi connectivity index (χ1v) is 10.6. The van der Waals surface area contributed by atoms with Crippen LogP contribution in [0.4, 0.5) is 4.79 Å². The normalized spacial score (nSPS) is 21.3. The fraction of sp³-hybridized carbons (Fsp3) is 0.316. The van der Waals surface area contributed by atoms with E-state index in [0.29, 0.717) is 5.56 Å². The van der Waals surface area contributed by atoms with Gasteiger partial charge in [0.05, 0.1) is 0 Å². The van der Waals surface area contributed by atoms with Crippen LogP contribution in [-0.2, 0) is 23.9 Å². The van der Waals surface area contributed by atoms with Crippen LogP contribution in [0.5, 0.6) is 0 Å². The van der Waals surface area contributed by atoms with E-state index in [2.05, 4.69) is 10.6 Å². The smallest absolute Gasteiger partial charge is 0.352 e. The second-order valence-electron chi connectivity index (χ2n) is 7.05. The highest BCUT2D eigenvalue weighted by atomic mass is 32.2. The summed E-state index contributed by atoms with van der Waals surface area (Å²) < 4.78 is 5.18. The van der Waals surface area contributed by atoms with E-state index in [1.54, 1.807) is 30.3 Å². The monoisotopic (exact) mass is 479 g/mol. The van der Waals surface area contributed by atoms with Crippen molar-refractivity contribution in [3.05, 3.63) is 47.2 Å². The third kappa shape index (κ3) is 4.92. The Balaban J connectivity index is 1.96. The molecule has 1 aromatic rings. The molecule has 2 aliphatic heterocycles. The van der Waals surface area contributed by atoms with Crippen molar-refractivity contribution in [2.24, 2.45) is 5.73 Å². The summed E-state index contributed by atoms with van der Waals surface area (Å²) in [5.41, 5.74) is 6.87. The average molecular weight is 479 g/mol. The number of nitrogens with two attached hydrogens (primary N) is 1. The van der Waals surface area contributed by atoms with Gasteiger partial charge in [0.15, 0.2) is 0 Å². The van der Waals surface area contributed by atoms with E-state index in [4.69, 9.17) is 15.7 Å². The van der Waals surface area contributed by atoms with Crippen molar-refractivity contribution in [1.29, 1.82) is 0 Å². The van der Waals surface area contributed by atoms with Gasteiger partial charge in [-0.2, -0.15) is 5.48 Å². The summed E-state index contributed by atoms with van der Waals surface area (Å²) in [4.78, 5) is 61.5. The zero-order valence-corrected chi connectivity index (χ0v) is 18.0. The van der Waals surface area contributed by atoms with Gasteiger partial charge in [0.1, 0.15) is 23.2 Å². The highest BCUT2D eigenvalue weighted by Crippen LogP contribution is 2.41. The summed E-state index contributed by atoms with van der Waals surface area (Å²) in [5, 5.41) is 22.9. The Morgan fingerprint density at radius 2 is 1.88 bits per heavy atom. The first-order chi connectivity index (χ1) is 15.6. The zero-order valence-electron chi connectivity index (χ0n) is 17.2. The molecule has 4 amide bonds. The maximum atomic E-state index is 13.0. The number of hydroxylamine groups is 1. The number of ether oxygens (including phenoxy) is 1. The number of carbonyl (C=O) groups is 5. The lowest BCUT2D eigenvalue weighted by molar-refractivity contribution is -0.154. The minimum absolute atomic E-state index is 0.0360. The van der Waals surface area contributed by atoms with Crippen LogP contribution in [0, 0.1) is 0 Å². The van der Waals surface area contributed by atoms with Crippen LogP contribution in [0.2, 0.25) is 0 Å². The lowest BCUT2D eigenvalue weighted by Gasteiger charge is -2.49. The highest BCUT2D eigenvalue weighted by Gasteiger charge is 2.54. The number of fused-ring (bicyclic) bond motifs is 1. The average Bonchev–Trinajstić information content (AvgIpc) is 2.76. The van der Waals surface area contributed by atoms with E-state index < -0.39 is 59.2 Å². The number of carboxylic acid groups (broad SMARTS) is 1. The number of carboxylic acids is 1. The number of nitrogens with zero attached hydrogens (tertiary/aromatic N) is 1. The minimum atomic E-state index is -1.55. The van der Waals surface area contributed by atoms with Crippen molar-refractivity contribution in [3.8, 4) is 0 Å². The van der Waals surface area contributed by atoms with E-state index in [9.17, 15) is 29.1 Å². The molecule has 0 saturated carbocycles. The van der Waals surface area contributed by atoms with Crippen LogP contribution >= 0.6 is 11.8 Å². The molecule has 13 nitrogen and oxygen atoms in total. The molecule has 4 atom stereocenters. The number of hydrogen-bond acceptors (Lipinski definition) is 9. The van der Waals surface area contributed by atoms with E-state index in [-0.39, 0.29) is 11.3 Å². The number of rotatable bonds is 8. The minimum Gasteiger partial charge on any atom is -0.477 e. The first-order valence-electron chi connectivity index (χ1n) is 9.54. The van der Waals surface area contributed by atoms with E-state index in [1.807, 2.05) is 5.48 Å². The third-order valence-corrected chi connectivity index (χ3v) is 6.20. The molecule has 0 spiro atoms. The summed E-state index contributed by atoms with van der Waals surface area (Å²) >= 11 is 1.11. The first kappa shape index (κ1) is 24.0. The highest BCUT2D eigenvalue weighted by molar-refractivity contribution is 8.00. The van der Waals surface area contributed by atoms with Gasteiger partial charge in [0, 0.05) is 18.2 Å². The van der Waals surface area contributed by atoms with E-state index in [0.717, 1.165) is 23.6 Å². The number of primary amides is 1. The standard InChI is InChI=1S/C19H21N5O8S/c1-8(25)32-15(22-14(26)11(21-19(20)30)9-5-3-2-4-6-9)10-7-33-17-12(23-31)16(27)24(17)13(10)18(28)29/h2-6,11-12,15,17,23,31H,7H2,1H3,(H,22,26)(H,28,29)(H3,20,21,30)/t11?,12-,15?,17+/m0/s1. The topological polar surface area (TPSA) is 200 Å². The summed E-state index contributed by atoms with van der Waals surface area (Å²) in [7, 11) is 0. The van der Waals surface area contributed by atoms with Gasteiger partial charge in [-0.25, -0.2) is 9.59 Å². The Bertz CT molecular complexity index is 1020.